The summed E-state index contributed by atoms with van der Waals surface area (Å²) in [5, 5.41) is 2.79. The summed E-state index contributed by atoms with van der Waals surface area (Å²) in [5.74, 6) is -0.760. The Morgan fingerprint density at radius 3 is 2.15 bits per heavy atom. The van der Waals surface area contributed by atoms with Crippen LogP contribution >= 0.6 is 0 Å². The molecule has 0 bridgehead atoms. The molecule has 1 aliphatic rings. The summed E-state index contributed by atoms with van der Waals surface area (Å²) in [7, 11) is -0.889. The number of rotatable bonds is 6. The summed E-state index contributed by atoms with van der Waals surface area (Å²) < 4.78 is 37.6. The zero-order chi connectivity index (χ0) is 25.1. The van der Waals surface area contributed by atoms with Crippen molar-refractivity contribution >= 4 is 27.6 Å². The molecule has 0 atom stereocenters. The van der Waals surface area contributed by atoms with E-state index in [2.05, 4.69) is 26.1 Å². The lowest BCUT2D eigenvalue weighted by Crippen LogP contribution is -2.41. The smallest absolute Gasteiger partial charge is 0.340 e. The third kappa shape index (κ3) is 5.59. The van der Waals surface area contributed by atoms with Gasteiger partial charge in [-0.3, -0.25) is 4.79 Å². The van der Waals surface area contributed by atoms with E-state index in [0.29, 0.717) is 24.3 Å². The largest absolute Gasteiger partial charge is 0.497 e. The molecule has 1 N–H and O–H groups in total. The first-order chi connectivity index (χ1) is 16.0. The van der Waals surface area contributed by atoms with Gasteiger partial charge in [0.2, 0.25) is 15.9 Å². The van der Waals surface area contributed by atoms with Crippen LogP contribution in [-0.2, 0) is 25.0 Å². The molecular formula is C25H32N2O6S. The highest BCUT2D eigenvalue weighted by atomic mass is 32.2. The molecule has 0 radical (unpaired) electrons. The molecule has 8 nitrogen and oxygen atoms in total. The van der Waals surface area contributed by atoms with Crippen LogP contribution in [0.3, 0.4) is 0 Å². The minimum atomic E-state index is -3.63. The quantitative estimate of drug-likeness (QED) is 0.621. The van der Waals surface area contributed by atoms with Crippen LogP contribution in [0.2, 0.25) is 0 Å². The topological polar surface area (TPSA) is 102 Å². The molecule has 0 unspecified atom stereocenters. The van der Waals surface area contributed by atoms with E-state index in [9.17, 15) is 18.0 Å². The van der Waals surface area contributed by atoms with Gasteiger partial charge in [-0.05, 0) is 54.2 Å². The Morgan fingerprint density at radius 1 is 1.00 bits per heavy atom. The highest BCUT2D eigenvalue weighted by Crippen LogP contribution is 2.29. The number of nitrogens with zero attached hydrogens (tertiary/aromatic N) is 1. The summed E-state index contributed by atoms with van der Waals surface area (Å²) in [6.07, 6.45) is 0.768. The summed E-state index contributed by atoms with van der Waals surface area (Å²) in [5.41, 5.74) is 1.51. The first-order valence-electron chi connectivity index (χ1n) is 11.2. The molecule has 0 aliphatic carbocycles. The third-order valence-electron chi connectivity index (χ3n) is 6.07. The number of carbonyl (C=O) groups is 2. The van der Waals surface area contributed by atoms with Gasteiger partial charge >= 0.3 is 5.97 Å². The highest BCUT2D eigenvalue weighted by Gasteiger charge is 2.32. The lowest BCUT2D eigenvalue weighted by Gasteiger charge is -2.31. The van der Waals surface area contributed by atoms with Crippen molar-refractivity contribution in [2.45, 2.75) is 43.9 Å². The maximum atomic E-state index is 13.1. The van der Waals surface area contributed by atoms with Crippen LogP contribution in [0.15, 0.2) is 47.4 Å². The summed E-state index contributed by atoms with van der Waals surface area (Å²) in [4.78, 5) is 25.3. The molecule has 34 heavy (non-hydrogen) atoms. The van der Waals surface area contributed by atoms with Crippen LogP contribution in [0, 0.1) is 5.92 Å². The number of amides is 1. The molecule has 184 valence electrons. The van der Waals surface area contributed by atoms with Gasteiger partial charge in [0.05, 0.1) is 30.4 Å². The van der Waals surface area contributed by atoms with Crippen molar-refractivity contribution in [2.24, 2.45) is 5.92 Å². The zero-order valence-corrected chi connectivity index (χ0v) is 21.1. The normalized spacial score (nSPS) is 15.6. The number of sulfonamides is 1. The van der Waals surface area contributed by atoms with Crippen molar-refractivity contribution in [3.8, 4) is 5.75 Å². The number of hydrogen-bond donors (Lipinski definition) is 1. The van der Waals surface area contributed by atoms with Gasteiger partial charge in [0.1, 0.15) is 5.75 Å². The Labute approximate surface area is 201 Å². The Bertz CT molecular complexity index is 1140. The zero-order valence-electron chi connectivity index (χ0n) is 20.3. The second-order valence-corrected chi connectivity index (χ2v) is 11.3. The van der Waals surface area contributed by atoms with E-state index in [-0.39, 0.29) is 40.8 Å². The number of anilines is 1. The Morgan fingerprint density at radius 2 is 1.62 bits per heavy atom. The molecule has 0 saturated carbocycles. The number of carbonyl (C=O) groups excluding carboxylic acids is 2. The monoisotopic (exact) mass is 488 g/mol. The molecule has 1 amide bonds. The fraction of sp³-hybridized carbons (Fsp3) is 0.440. The predicted molar refractivity (Wildman–Crippen MR) is 130 cm³/mol. The van der Waals surface area contributed by atoms with Crippen LogP contribution in [-0.4, -0.2) is 51.9 Å². The van der Waals surface area contributed by atoms with E-state index in [0.717, 1.165) is 5.56 Å². The van der Waals surface area contributed by atoms with E-state index in [1.54, 1.807) is 24.3 Å². The summed E-state index contributed by atoms with van der Waals surface area (Å²) in [6.45, 7) is 6.72. The second-order valence-electron chi connectivity index (χ2n) is 9.35. The minimum Gasteiger partial charge on any atom is -0.497 e. The molecule has 2 aromatic carbocycles. The van der Waals surface area contributed by atoms with Crippen molar-refractivity contribution in [3.63, 3.8) is 0 Å². The van der Waals surface area contributed by atoms with Gasteiger partial charge in [-0.25, -0.2) is 13.2 Å². The summed E-state index contributed by atoms with van der Waals surface area (Å²) >= 11 is 0. The minimum absolute atomic E-state index is 0.0639. The average molecular weight is 489 g/mol. The van der Waals surface area contributed by atoms with Crippen LogP contribution in [0.25, 0.3) is 0 Å². The Kier molecular flexibility index (Phi) is 7.67. The predicted octanol–water partition coefficient (Wildman–Crippen LogP) is 3.82. The maximum absolute atomic E-state index is 13.1. The van der Waals surface area contributed by atoms with Crippen LogP contribution in [0.4, 0.5) is 5.69 Å². The van der Waals surface area contributed by atoms with Crippen LogP contribution < -0.4 is 10.1 Å². The molecule has 0 spiro atoms. The van der Waals surface area contributed by atoms with Gasteiger partial charge in [0.25, 0.3) is 0 Å². The van der Waals surface area contributed by atoms with Gasteiger partial charge in [-0.1, -0.05) is 32.9 Å². The number of benzene rings is 2. The first kappa shape index (κ1) is 25.7. The molecule has 0 aromatic heterocycles. The van der Waals surface area contributed by atoms with E-state index in [4.69, 9.17) is 9.47 Å². The van der Waals surface area contributed by atoms with Gasteiger partial charge in [0.15, 0.2) is 0 Å². The highest BCUT2D eigenvalue weighted by molar-refractivity contribution is 7.89. The van der Waals surface area contributed by atoms with E-state index < -0.39 is 16.0 Å². The van der Waals surface area contributed by atoms with Crippen LogP contribution in [0.5, 0.6) is 5.75 Å². The molecule has 9 heteroatoms. The molecule has 1 saturated heterocycles. The standard InChI is InChI=1S/C25H32N2O6S/c1-25(2,3)18-6-9-20(10-7-18)34(30,31)27-14-12-17(13-15-27)23(28)26-22-11-8-19(32-4)16-21(22)24(29)33-5/h6-11,16-17H,12-15H2,1-5H3,(H,26,28). The van der Waals surface area contributed by atoms with Crippen molar-refractivity contribution in [1.82, 2.24) is 4.31 Å². The third-order valence-corrected chi connectivity index (χ3v) is 7.99. The van der Waals surface area contributed by atoms with Crippen molar-refractivity contribution in [2.75, 3.05) is 32.6 Å². The number of hydrogen-bond acceptors (Lipinski definition) is 6. The first-order valence-corrected chi connectivity index (χ1v) is 12.6. The Balaban J connectivity index is 1.67. The molecule has 1 aliphatic heterocycles. The summed E-state index contributed by atoms with van der Waals surface area (Å²) in [6, 6.07) is 11.7. The SMILES string of the molecule is COC(=O)c1cc(OC)ccc1NC(=O)C1CCN(S(=O)(=O)c2ccc(C(C)(C)C)cc2)CC1. The average Bonchev–Trinajstić information content (AvgIpc) is 2.83. The van der Waals surface area contributed by atoms with Crippen LogP contribution in [0.1, 0.15) is 49.5 Å². The van der Waals surface area contributed by atoms with Gasteiger partial charge in [0, 0.05) is 19.0 Å². The van der Waals surface area contributed by atoms with Crippen molar-refractivity contribution in [3.05, 3.63) is 53.6 Å². The number of esters is 1. The van der Waals surface area contributed by atoms with Gasteiger partial charge in [-0.15, -0.1) is 0 Å². The lowest BCUT2D eigenvalue weighted by atomic mass is 9.87. The molecule has 3 rings (SSSR count). The van der Waals surface area contributed by atoms with Gasteiger partial charge < -0.3 is 14.8 Å². The second kappa shape index (κ2) is 10.1. The number of piperidine rings is 1. The lowest BCUT2D eigenvalue weighted by molar-refractivity contribution is -0.120. The van der Waals surface area contributed by atoms with Crippen molar-refractivity contribution < 1.29 is 27.5 Å². The van der Waals surface area contributed by atoms with E-state index in [1.165, 1.54) is 24.6 Å². The number of methoxy groups -OCH3 is 2. The van der Waals surface area contributed by atoms with Crippen molar-refractivity contribution in [1.29, 1.82) is 0 Å². The number of nitrogens with one attached hydrogen (secondary N) is 1. The van der Waals surface area contributed by atoms with E-state index in [1.807, 2.05) is 12.1 Å². The number of ether oxygens (including phenoxy) is 2. The molecular weight excluding hydrogens is 456 g/mol. The molecule has 1 heterocycles. The molecule has 2 aromatic rings. The van der Waals surface area contributed by atoms with E-state index >= 15 is 0 Å². The molecule has 1 fully saturated rings. The van der Waals surface area contributed by atoms with Gasteiger partial charge in [-0.2, -0.15) is 4.31 Å². The fourth-order valence-electron chi connectivity index (χ4n) is 3.91. The maximum Gasteiger partial charge on any atom is 0.340 e. The Hall–Kier alpha value is -2.91. The fourth-order valence-corrected chi connectivity index (χ4v) is 5.38.